The minimum Gasteiger partial charge on any atom is -0.377 e. The van der Waals surface area contributed by atoms with Crippen molar-refractivity contribution in [2.24, 2.45) is 0 Å². The fourth-order valence-electron chi connectivity index (χ4n) is 7.36. The van der Waals surface area contributed by atoms with Crippen molar-refractivity contribution in [3.05, 3.63) is 205 Å². The van der Waals surface area contributed by atoms with Gasteiger partial charge in [0.2, 0.25) is 0 Å². The van der Waals surface area contributed by atoms with E-state index < -0.39 is 11.8 Å². The van der Waals surface area contributed by atoms with Gasteiger partial charge >= 0.3 is 0 Å². The van der Waals surface area contributed by atoms with Crippen LogP contribution in [0, 0.1) is 0 Å². The van der Waals surface area contributed by atoms with Crippen molar-refractivity contribution < 1.29 is 4.79 Å². The highest BCUT2D eigenvalue weighted by molar-refractivity contribution is 6.01. The van der Waals surface area contributed by atoms with Crippen molar-refractivity contribution in [3.8, 4) is 0 Å². The highest BCUT2D eigenvalue weighted by Gasteiger charge is 2.42. The van der Waals surface area contributed by atoms with Crippen molar-refractivity contribution in [3.63, 3.8) is 0 Å². The van der Waals surface area contributed by atoms with Gasteiger partial charge in [0.05, 0.1) is 23.9 Å². The summed E-state index contributed by atoms with van der Waals surface area (Å²) in [7, 11) is 0. The first-order valence-corrected chi connectivity index (χ1v) is 17.1. The third-order valence-corrected chi connectivity index (χ3v) is 9.70. The Morgan fingerprint density at radius 3 is 1.16 bits per heavy atom. The number of carbonyl (C=O) groups is 1. The molecule has 8 aromatic rings. The summed E-state index contributed by atoms with van der Waals surface area (Å²) in [5.74, 6) is -1.07. The van der Waals surface area contributed by atoms with Crippen molar-refractivity contribution >= 4 is 39.0 Å². The molecule has 0 saturated heterocycles. The fraction of sp³-hybridized carbons (Fsp3) is 0.0889. The number of fused-ring (bicyclic) bond motifs is 2. The number of benzene rings is 6. The lowest BCUT2D eigenvalue weighted by Crippen LogP contribution is -2.34. The van der Waals surface area contributed by atoms with Gasteiger partial charge in [0, 0.05) is 45.6 Å². The molecule has 0 saturated carbocycles. The maximum Gasteiger partial charge on any atom is 0.152 e. The molecule has 2 aromatic heterocycles. The van der Waals surface area contributed by atoms with E-state index in [0.717, 1.165) is 55.4 Å². The Labute approximate surface area is 292 Å². The van der Waals surface area contributed by atoms with Gasteiger partial charge in [-0.2, -0.15) is 0 Å². The normalized spacial score (nSPS) is 13.8. The maximum atomic E-state index is 16.2. The van der Waals surface area contributed by atoms with Gasteiger partial charge in [0.15, 0.2) is 5.78 Å². The number of nitrogens with one attached hydrogen (secondary N) is 4. The van der Waals surface area contributed by atoms with E-state index in [-0.39, 0.29) is 17.9 Å². The van der Waals surface area contributed by atoms with E-state index in [2.05, 4.69) is 93.4 Å². The summed E-state index contributed by atoms with van der Waals surface area (Å²) >= 11 is 0. The monoisotopic (exact) mass is 650 g/mol. The predicted molar refractivity (Wildman–Crippen MR) is 206 cm³/mol. The summed E-state index contributed by atoms with van der Waals surface area (Å²) in [5.41, 5.74) is 7.87. The van der Waals surface area contributed by atoms with Gasteiger partial charge in [0.25, 0.3) is 0 Å². The van der Waals surface area contributed by atoms with Crippen molar-refractivity contribution in [2.45, 2.75) is 23.9 Å². The Morgan fingerprint density at radius 1 is 0.420 bits per heavy atom. The van der Waals surface area contributed by atoms with Crippen LogP contribution in [0.15, 0.2) is 182 Å². The Balaban J connectivity index is 1.38. The first-order chi connectivity index (χ1) is 24.7. The van der Waals surface area contributed by atoms with Crippen LogP contribution in [0.4, 0.5) is 11.4 Å². The quantitative estimate of drug-likeness (QED) is 0.106. The molecule has 5 heteroatoms. The lowest BCUT2D eigenvalue weighted by Gasteiger charge is -2.35. The molecular formula is C45H38N4O. The Morgan fingerprint density at radius 2 is 0.760 bits per heavy atom. The van der Waals surface area contributed by atoms with Crippen LogP contribution in [0.25, 0.3) is 21.8 Å². The van der Waals surface area contributed by atoms with Gasteiger partial charge in [-0.05, 0) is 58.7 Å². The van der Waals surface area contributed by atoms with Crippen LogP contribution in [0.2, 0.25) is 0 Å². The van der Waals surface area contributed by atoms with Crippen molar-refractivity contribution in [1.82, 2.24) is 9.97 Å². The van der Waals surface area contributed by atoms with E-state index in [1.807, 2.05) is 109 Å². The summed E-state index contributed by atoms with van der Waals surface area (Å²) in [5, 5.41) is 9.73. The largest absolute Gasteiger partial charge is 0.377 e. The fourth-order valence-corrected chi connectivity index (χ4v) is 7.36. The topological polar surface area (TPSA) is 72.7 Å². The number of anilines is 2. The number of hydrogen-bond donors (Lipinski definition) is 4. The number of hydrogen-bond acceptors (Lipinski definition) is 3. The average Bonchev–Trinajstić information content (AvgIpc) is 3.81. The molecule has 0 radical (unpaired) electrons. The van der Waals surface area contributed by atoms with Crippen LogP contribution < -0.4 is 10.6 Å². The molecule has 0 amide bonds. The van der Waals surface area contributed by atoms with Crippen LogP contribution in [-0.2, 0) is 4.79 Å². The molecule has 0 bridgehead atoms. The molecule has 0 aliphatic rings. The average molecular weight is 651 g/mol. The summed E-state index contributed by atoms with van der Waals surface area (Å²) in [6, 6.07) is 56.8. The molecule has 4 N–H and O–H groups in total. The molecule has 4 unspecified atom stereocenters. The first kappa shape index (κ1) is 31.0. The smallest absolute Gasteiger partial charge is 0.152 e. The highest BCUT2D eigenvalue weighted by Crippen LogP contribution is 2.46. The molecule has 6 aromatic carbocycles. The number of carbonyl (C=O) groups excluding carboxylic acids is 1. The van der Waals surface area contributed by atoms with Crippen molar-refractivity contribution in [1.29, 1.82) is 0 Å². The number of rotatable bonds is 12. The second-order valence-corrected chi connectivity index (χ2v) is 12.7. The molecule has 4 atom stereocenters. The zero-order valence-corrected chi connectivity index (χ0v) is 27.5. The number of Topliss-reactive ketones (excluding diaryl/α,β-unsaturated/α-hetero) is 1. The standard InChI is InChI=1S/C45H38N4O/c50-45(41(37-29-46-39-27-15-13-25-35(37)39)43(31-17-5-1-6-18-31)48-33-21-9-3-10-22-33)42(38-30-47-40-28-16-14-26-36(38)40)44(32-19-7-2-8-20-32)49-34-23-11-4-12-24-34/h1-30,41-44,46-49H. The van der Waals surface area contributed by atoms with Crippen LogP contribution in [0.1, 0.15) is 46.2 Å². The van der Waals surface area contributed by atoms with E-state index >= 15 is 4.79 Å². The molecule has 50 heavy (non-hydrogen) atoms. The first-order valence-electron chi connectivity index (χ1n) is 17.1. The Hall–Kier alpha value is -6.33. The summed E-state index contributed by atoms with van der Waals surface area (Å²) < 4.78 is 0. The van der Waals surface area contributed by atoms with E-state index in [9.17, 15) is 0 Å². The summed E-state index contributed by atoms with van der Waals surface area (Å²) in [6.45, 7) is 0. The number of para-hydroxylation sites is 4. The predicted octanol–water partition coefficient (Wildman–Crippen LogP) is 10.8. The van der Waals surface area contributed by atoms with Gasteiger partial charge in [-0.3, -0.25) is 4.79 Å². The molecule has 2 heterocycles. The minimum absolute atomic E-state index is 0.106. The molecule has 5 nitrogen and oxygen atoms in total. The second-order valence-electron chi connectivity index (χ2n) is 12.7. The molecule has 8 rings (SSSR count). The zero-order chi connectivity index (χ0) is 33.7. The second kappa shape index (κ2) is 14.0. The van der Waals surface area contributed by atoms with E-state index in [0.29, 0.717) is 0 Å². The van der Waals surface area contributed by atoms with Gasteiger partial charge in [0.1, 0.15) is 0 Å². The summed E-state index contributed by atoms with van der Waals surface area (Å²) in [6.07, 6.45) is 4.06. The SMILES string of the molecule is O=C(C(c1c[nH]c2ccccc12)C(Nc1ccccc1)c1ccccc1)C(c1c[nH]c2ccccc12)C(Nc1ccccc1)c1ccccc1. The number of H-pyrrole nitrogens is 2. The molecular weight excluding hydrogens is 613 g/mol. The zero-order valence-electron chi connectivity index (χ0n) is 27.5. The van der Waals surface area contributed by atoms with E-state index in [1.54, 1.807) is 0 Å². The summed E-state index contributed by atoms with van der Waals surface area (Å²) in [4.78, 5) is 23.2. The maximum absolute atomic E-state index is 16.2. The molecule has 0 aliphatic heterocycles. The lowest BCUT2D eigenvalue weighted by atomic mass is 9.73. The third kappa shape index (κ3) is 6.17. The number of ketones is 1. The highest BCUT2D eigenvalue weighted by atomic mass is 16.1. The molecule has 0 spiro atoms. The van der Waals surface area contributed by atoms with Gasteiger partial charge in [-0.15, -0.1) is 0 Å². The van der Waals surface area contributed by atoms with Crippen molar-refractivity contribution in [2.75, 3.05) is 10.6 Å². The van der Waals surface area contributed by atoms with Gasteiger partial charge < -0.3 is 20.6 Å². The number of aromatic amines is 2. The van der Waals surface area contributed by atoms with E-state index in [4.69, 9.17) is 0 Å². The third-order valence-electron chi connectivity index (χ3n) is 9.70. The van der Waals surface area contributed by atoms with Crippen LogP contribution in [0.5, 0.6) is 0 Å². The number of aromatic nitrogens is 2. The lowest BCUT2D eigenvalue weighted by molar-refractivity contribution is -0.122. The van der Waals surface area contributed by atoms with Gasteiger partial charge in [-0.25, -0.2) is 0 Å². The molecule has 0 fully saturated rings. The Bertz CT molecular complexity index is 2150. The van der Waals surface area contributed by atoms with Crippen LogP contribution >= 0.6 is 0 Å². The van der Waals surface area contributed by atoms with Gasteiger partial charge in [-0.1, -0.05) is 133 Å². The Kier molecular flexibility index (Phi) is 8.69. The van der Waals surface area contributed by atoms with E-state index in [1.165, 1.54) is 0 Å². The molecule has 244 valence electrons. The van der Waals surface area contributed by atoms with Crippen LogP contribution in [0.3, 0.4) is 0 Å². The molecule has 0 aliphatic carbocycles. The van der Waals surface area contributed by atoms with Crippen LogP contribution in [-0.4, -0.2) is 15.8 Å². The minimum atomic E-state index is -0.587.